The van der Waals surface area contributed by atoms with Crippen LogP contribution in [0.25, 0.3) is 0 Å². The van der Waals surface area contributed by atoms with Gasteiger partial charge in [-0.15, -0.1) is 0 Å². The Bertz CT molecular complexity index is 612. The van der Waals surface area contributed by atoms with E-state index in [2.05, 4.69) is 5.32 Å². The lowest BCUT2D eigenvalue weighted by Crippen LogP contribution is -2.57. The molecule has 1 saturated carbocycles. The summed E-state index contributed by atoms with van der Waals surface area (Å²) in [6.07, 6.45) is 2.04. The van der Waals surface area contributed by atoms with Crippen molar-refractivity contribution < 1.29 is 14.0 Å². The molecule has 1 aliphatic carbocycles. The molecule has 1 heterocycles. The maximum absolute atomic E-state index is 14.1. The minimum atomic E-state index is -0.913. The standard InChI is InChI=1S/C16H19FN2O2/c1-10-3-6-12(17)13(9-10)19-8-7-14(20)18-16(2,15(19)21)11-4-5-11/h3,6,9,11H,4-5,7-8H2,1-2H3,(H,18,20). The Morgan fingerprint density at radius 2 is 2.05 bits per heavy atom. The van der Waals surface area contributed by atoms with E-state index < -0.39 is 11.4 Å². The molecule has 1 aromatic rings. The van der Waals surface area contributed by atoms with Crippen molar-refractivity contribution in [1.82, 2.24) is 5.32 Å². The van der Waals surface area contributed by atoms with Gasteiger partial charge in [0.15, 0.2) is 0 Å². The van der Waals surface area contributed by atoms with Gasteiger partial charge in [-0.1, -0.05) is 6.07 Å². The normalized spacial score (nSPS) is 26.5. The summed E-state index contributed by atoms with van der Waals surface area (Å²) in [5.41, 5.74) is 0.239. The highest BCUT2D eigenvalue weighted by atomic mass is 19.1. The maximum atomic E-state index is 14.1. The second kappa shape index (κ2) is 4.83. The number of carbonyl (C=O) groups is 2. The van der Waals surface area contributed by atoms with E-state index in [1.165, 1.54) is 11.0 Å². The van der Waals surface area contributed by atoms with E-state index in [0.29, 0.717) is 0 Å². The molecule has 0 bridgehead atoms. The van der Waals surface area contributed by atoms with Gasteiger partial charge in [0, 0.05) is 13.0 Å². The van der Waals surface area contributed by atoms with Crippen LogP contribution < -0.4 is 10.2 Å². The molecule has 21 heavy (non-hydrogen) atoms. The first-order chi connectivity index (χ1) is 9.91. The second-order valence-corrected chi connectivity index (χ2v) is 6.19. The zero-order chi connectivity index (χ0) is 15.2. The number of nitrogens with zero attached hydrogens (tertiary/aromatic N) is 1. The van der Waals surface area contributed by atoms with Gasteiger partial charge >= 0.3 is 0 Å². The van der Waals surface area contributed by atoms with E-state index in [0.717, 1.165) is 18.4 Å². The highest BCUT2D eigenvalue weighted by molar-refractivity contribution is 6.04. The molecule has 1 N–H and O–H groups in total. The zero-order valence-electron chi connectivity index (χ0n) is 12.3. The minimum Gasteiger partial charge on any atom is -0.342 e. The molecule has 2 fully saturated rings. The highest BCUT2D eigenvalue weighted by Crippen LogP contribution is 2.42. The summed E-state index contributed by atoms with van der Waals surface area (Å²) >= 11 is 0. The van der Waals surface area contributed by atoms with E-state index in [1.54, 1.807) is 19.1 Å². The highest BCUT2D eigenvalue weighted by Gasteiger charge is 2.51. The summed E-state index contributed by atoms with van der Waals surface area (Å²) in [6.45, 7) is 3.83. The van der Waals surface area contributed by atoms with Crippen LogP contribution in [0.1, 0.15) is 31.7 Å². The van der Waals surface area contributed by atoms with Crippen LogP contribution in [0.2, 0.25) is 0 Å². The lowest BCUT2D eigenvalue weighted by Gasteiger charge is -2.32. The summed E-state index contributed by atoms with van der Waals surface area (Å²) in [5, 5.41) is 2.85. The van der Waals surface area contributed by atoms with Crippen molar-refractivity contribution in [3.63, 3.8) is 0 Å². The quantitative estimate of drug-likeness (QED) is 0.907. The molecule has 1 saturated heterocycles. The van der Waals surface area contributed by atoms with E-state index in [4.69, 9.17) is 0 Å². The lowest BCUT2D eigenvalue weighted by molar-refractivity contribution is -0.130. The summed E-state index contributed by atoms with van der Waals surface area (Å²) in [5.74, 6) is -0.627. The van der Waals surface area contributed by atoms with Crippen LogP contribution in [0.15, 0.2) is 18.2 Å². The Morgan fingerprint density at radius 3 is 2.71 bits per heavy atom. The fourth-order valence-electron chi connectivity index (χ4n) is 3.00. The largest absolute Gasteiger partial charge is 0.342 e. The van der Waals surface area contributed by atoms with Crippen LogP contribution in [0, 0.1) is 18.7 Å². The molecular weight excluding hydrogens is 271 g/mol. The first-order valence-corrected chi connectivity index (χ1v) is 7.31. The van der Waals surface area contributed by atoms with Crippen molar-refractivity contribution in [1.29, 1.82) is 0 Å². The molecule has 5 heteroatoms. The van der Waals surface area contributed by atoms with Crippen LogP contribution >= 0.6 is 0 Å². The Labute approximate surface area is 123 Å². The molecular formula is C16H19FN2O2. The maximum Gasteiger partial charge on any atom is 0.252 e. The molecule has 2 amide bonds. The topological polar surface area (TPSA) is 49.4 Å². The molecule has 0 aromatic heterocycles. The molecule has 2 aliphatic rings. The number of hydrogen-bond donors (Lipinski definition) is 1. The Kier molecular flexibility index (Phi) is 3.23. The average molecular weight is 290 g/mol. The van der Waals surface area contributed by atoms with E-state index >= 15 is 0 Å². The van der Waals surface area contributed by atoms with Crippen molar-refractivity contribution in [2.24, 2.45) is 5.92 Å². The summed E-state index contributed by atoms with van der Waals surface area (Å²) in [6, 6.07) is 4.70. The average Bonchev–Trinajstić information content (AvgIpc) is 3.26. The molecule has 3 rings (SSSR count). The van der Waals surface area contributed by atoms with Gasteiger partial charge in [0.25, 0.3) is 5.91 Å². The number of benzene rings is 1. The molecule has 1 atom stereocenters. The fourth-order valence-corrected chi connectivity index (χ4v) is 3.00. The number of rotatable bonds is 2. The van der Waals surface area contributed by atoms with Crippen LogP contribution in [-0.2, 0) is 9.59 Å². The molecule has 4 nitrogen and oxygen atoms in total. The lowest BCUT2D eigenvalue weighted by atomic mass is 9.94. The Morgan fingerprint density at radius 1 is 1.33 bits per heavy atom. The van der Waals surface area contributed by atoms with Crippen molar-refractivity contribution in [2.45, 2.75) is 38.6 Å². The summed E-state index contributed by atoms with van der Waals surface area (Å²) < 4.78 is 14.1. The predicted molar refractivity (Wildman–Crippen MR) is 77.4 cm³/mol. The number of aryl methyl sites for hydroxylation is 1. The monoisotopic (exact) mass is 290 g/mol. The van der Waals surface area contributed by atoms with Gasteiger partial charge in [-0.2, -0.15) is 0 Å². The van der Waals surface area contributed by atoms with Gasteiger partial charge in [0.05, 0.1) is 5.69 Å². The smallest absolute Gasteiger partial charge is 0.252 e. The Balaban J connectivity index is 2.02. The van der Waals surface area contributed by atoms with Crippen molar-refractivity contribution in [3.8, 4) is 0 Å². The molecule has 0 spiro atoms. The molecule has 1 aromatic carbocycles. The van der Waals surface area contributed by atoms with Crippen LogP contribution in [-0.4, -0.2) is 23.9 Å². The number of anilines is 1. The third kappa shape index (κ3) is 2.41. The molecule has 1 unspecified atom stereocenters. The van der Waals surface area contributed by atoms with E-state index in [1.807, 2.05) is 6.92 Å². The van der Waals surface area contributed by atoms with Crippen molar-refractivity contribution >= 4 is 17.5 Å². The number of halogens is 1. The molecule has 0 radical (unpaired) electrons. The fraction of sp³-hybridized carbons (Fsp3) is 0.500. The van der Waals surface area contributed by atoms with E-state index in [9.17, 15) is 14.0 Å². The van der Waals surface area contributed by atoms with Gasteiger partial charge in [-0.3, -0.25) is 9.59 Å². The van der Waals surface area contributed by atoms with Gasteiger partial charge in [0.2, 0.25) is 5.91 Å². The van der Waals surface area contributed by atoms with Crippen LogP contribution in [0.4, 0.5) is 10.1 Å². The number of nitrogens with one attached hydrogen (secondary N) is 1. The molecule has 112 valence electrons. The minimum absolute atomic E-state index is 0.145. The van der Waals surface area contributed by atoms with Crippen LogP contribution in [0.5, 0.6) is 0 Å². The second-order valence-electron chi connectivity index (χ2n) is 6.19. The SMILES string of the molecule is Cc1ccc(F)c(N2CCC(=O)NC(C)(C3CC3)C2=O)c1. The van der Waals surface area contributed by atoms with Gasteiger partial charge in [-0.05, 0) is 50.3 Å². The predicted octanol–water partition coefficient (Wildman–Crippen LogP) is 2.16. The first-order valence-electron chi connectivity index (χ1n) is 7.31. The number of carbonyl (C=O) groups excluding carboxylic acids is 2. The summed E-state index contributed by atoms with van der Waals surface area (Å²) in [4.78, 5) is 26.3. The number of amides is 2. The van der Waals surface area contributed by atoms with Gasteiger partial charge in [-0.25, -0.2) is 4.39 Å². The van der Waals surface area contributed by atoms with Gasteiger partial charge < -0.3 is 10.2 Å². The molecule has 1 aliphatic heterocycles. The third-order valence-corrected chi connectivity index (χ3v) is 4.44. The Hall–Kier alpha value is -1.91. The zero-order valence-corrected chi connectivity index (χ0v) is 12.3. The van der Waals surface area contributed by atoms with Gasteiger partial charge in [0.1, 0.15) is 11.4 Å². The van der Waals surface area contributed by atoms with E-state index in [-0.39, 0.29) is 36.4 Å². The van der Waals surface area contributed by atoms with Crippen LogP contribution in [0.3, 0.4) is 0 Å². The van der Waals surface area contributed by atoms with Crippen molar-refractivity contribution in [3.05, 3.63) is 29.6 Å². The summed E-state index contributed by atoms with van der Waals surface area (Å²) in [7, 11) is 0. The number of hydrogen-bond acceptors (Lipinski definition) is 2. The third-order valence-electron chi connectivity index (χ3n) is 4.44. The van der Waals surface area contributed by atoms with Crippen molar-refractivity contribution in [2.75, 3.05) is 11.4 Å². The first kappa shape index (κ1) is 14.0.